The minimum atomic E-state index is -3.55. The molecule has 0 radical (unpaired) electrons. The third kappa shape index (κ3) is 4.76. The number of sulfonamides is 1. The molecule has 0 amide bonds. The van der Waals surface area contributed by atoms with Crippen LogP contribution in [0, 0.1) is 0 Å². The molecule has 0 spiro atoms. The van der Waals surface area contributed by atoms with Crippen LogP contribution in [0.15, 0.2) is 58.5 Å². The second-order valence-electron chi connectivity index (χ2n) is 8.86. The molecule has 5 rings (SSSR count). The van der Waals surface area contributed by atoms with E-state index in [0.29, 0.717) is 16.9 Å². The summed E-state index contributed by atoms with van der Waals surface area (Å²) in [6.45, 7) is 0. The van der Waals surface area contributed by atoms with Gasteiger partial charge >= 0.3 is 0 Å². The smallest absolute Gasteiger partial charge is 0.242 e. The lowest BCUT2D eigenvalue weighted by molar-refractivity contribution is 0.521. The highest BCUT2D eigenvalue weighted by molar-refractivity contribution is 7.90. The van der Waals surface area contributed by atoms with Crippen LogP contribution in [0.3, 0.4) is 0 Å². The van der Waals surface area contributed by atoms with Gasteiger partial charge in [0.2, 0.25) is 16.0 Å². The number of hydrogen-bond acceptors (Lipinski definition) is 9. The Kier molecular flexibility index (Phi) is 5.93. The van der Waals surface area contributed by atoms with Gasteiger partial charge in [-0.1, -0.05) is 24.3 Å². The number of sulfone groups is 1. The molecular weight excluding hydrogens is 502 g/mol. The van der Waals surface area contributed by atoms with Gasteiger partial charge in [-0.3, -0.25) is 5.10 Å². The molecule has 1 saturated carbocycles. The fraction of sp³-hybridized carbons (Fsp3) is 0.261. The van der Waals surface area contributed by atoms with Crippen molar-refractivity contribution >= 4 is 48.3 Å². The van der Waals surface area contributed by atoms with Gasteiger partial charge in [0, 0.05) is 32.1 Å². The quantitative estimate of drug-likeness (QED) is 0.314. The summed E-state index contributed by atoms with van der Waals surface area (Å²) < 4.78 is 50.3. The molecule has 0 atom stereocenters. The maximum Gasteiger partial charge on any atom is 0.242 e. The molecule has 0 aliphatic heterocycles. The van der Waals surface area contributed by atoms with Gasteiger partial charge in [-0.15, -0.1) is 0 Å². The molecule has 0 unspecified atom stereocenters. The van der Waals surface area contributed by atoms with Gasteiger partial charge in [0.15, 0.2) is 20.5 Å². The number of benzene rings is 2. The van der Waals surface area contributed by atoms with Gasteiger partial charge in [0.05, 0.1) is 4.90 Å². The maximum atomic E-state index is 12.3. The summed E-state index contributed by atoms with van der Waals surface area (Å²) in [6.07, 6.45) is 3.08. The normalized spacial score (nSPS) is 14.3. The van der Waals surface area contributed by atoms with Crippen molar-refractivity contribution in [1.82, 2.24) is 24.5 Å². The first-order valence-electron chi connectivity index (χ1n) is 11.1. The predicted octanol–water partition coefficient (Wildman–Crippen LogP) is 2.99. The third-order valence-electron chi connectivity index (χ3n) is 5.75. The lowest BCUT2D eigenvalue weighted by Gasteiger charge is -2.12. The number of fused-ring (bicyclic) bond motifs is 1. The second-order valence-corrected chi connectivity index (χ2v) is 13.0. The summed E-state index contributed by atoms with van der Waals surface area (Å²) in [7, 11) is -4.07. The van der Waals surface area contributed by atoms with Crippen LogP contribution >= 0.6 is 0 Å². The van der Waals surface area contributed by atoms with Crippen LogP contribution in [-0.2, 0) is 19.9 Å². The highest BCUT2D eigenvalue weighted by atomic mass is 32.2. The van der Waals surface area contributed by atoms with E-state index in [9.17, 15) is 16.8 Å². The molecule has 13 heteroatoms. The predicted molar refractivity (Wildman–Crippen MR) is 137 cm³/mol. The molecule has 0 saturated heterocycles. The summed E-state index contributed by atoms with van der Waals surface area (Å²) >= 11 is 0. The number of aromatic amines is 1. The van der Waals surface area contributed by atoms with E-state index in [1.165, 1.54) is 18.4 Å². The van der Waals surface area contributed by atoms with E-state index >= 15 is 0 Å². The van der Waals surface area contributed by atoms with Crippen LogP contribution in [0.5, 0.6) is 0 Å². The zero-order valence-corrected chi connectivity index (χ0v) is 21.5. The van der Waals surface area contributed by atoms with E-state index in [1.807, 2.05) is 24.3 Å². The molecule has 36 heavy (non-hydrogen) atoms. The van der Waals surface area contributed by atoms with E-state index in [0.717, 1.165) is 30.2 Å². The summed E-state index contributed by atoms with van der Waals surface area (Å²) in [6, 6.07) is 14.4. The highest BCUT2D eigenvalue weighted by Crippen LogP contribution is 2.32. The van der Waals surface area contributed by atoms with Crippen molar-refractivity contribution in [1.29, 1.82) is 0 Å². The lowest BCUT2D eigenvalue weighted by atomic mass is 10.1. The van der Waals surface area contributed by atoms with Crippen molar-refractivity contribution in [2.75, 3.05) is 31.0 Å². The topological polar surface area (TPSA) is 150 Å². The molecule has 4 aromatic rings. The average Bonchev–Trinajstić information content (AvgIpc) is 3.53. The van der Waals surface area contributed by atoms with Gasteiger partial charge in [-0.2, -0.15) is 15.1 Å². The van der Waals surface area contributed by atoms with E-state index in [2.05, 4.69) is 30.8 Å². The van der Waals surface area contributed by atoms with Crippen LogP contribution in [0.25, 0.3) is 22.2 Å². The van der Waals surface area contributed by atoms with Gasteiger partial charge in [0.1, 0.15) is 11.2 Å². The van der Waals surface area contributed by atoms with Crippen LogP contribution in [0.1, 0.15) is 12.8 Å². The highest BCUT2D eigenvalue weighted by Gasteiger charge is 2.27. The first kappa shape index (κ1) is 24.2. The Morgan fingerprint density at radius 1 is 0.972 bits per heavy atom. The monoisotopic (exact) mass is 527 g/mol. The van der Waals surface area contributed by atoms with Gasteiger partial charge in [-0.25, -0.2) is 21.1 Å². The molecular formula is C23H25N7O4S2. The van der Waals surface area contributed by atoms with Crippen molar-refractivity contribution in [3.63, 3.8) is 0 Å². The molecule has 1 fully saturated rings. The summed E-state index contributed by atoms with van der Waals surface area (Å²) in [5.74, 6) is 0.676. The molecule has 2 aromatic carbocycles. The molecule has 1 aliphatic carbocycles. The van der Waals surface area contributed by atoms with Crippen LogP contribution in [0.4, 0.5) is 17.5 Å². The Morgan fingerprint density at radius 2 is 1.69 bits per heavy atom. The van der Waals surface area contributed by atoms with E-state index in [-0.39, 0.29) is 27.6 Å². The average molecular weight is 528 g/mol. The second kappa shape index (κ2) is 8.84. The number of H-pyrrole nitrogens is 1. The number of hydrogen-bond donors (Lipinski definition) is 3. The van der Waals surface area contributed by atoms with Crippen LogP contribution in [-0.4, -0.2) is 67.7 Å². The van der Waals surface area contributed by atoms with Crippen molar-refractivity contribution in [2.45, 2.75) is 28.8 Å². The Labute approximate surface area is 208 Å². The number of nitrogens with one attached hydrogen (secondary N) is 3. The fourth-order valence-electron chi connectivity index (χ4n) is 3.68. The molecule has 11 nitrogen and oxygen atoms in total. The summed E-state index contributed by atoms with van der Waals surface area (Å²) in [4.78, 5) is 9.18. The van der Waals surface area contributed by atoms with E-state index < -0.39 is 19.9 Å². The van der Waals surface area contributed by atoms with E-state index in [4.69, 9.17) is 0 Å². The largest absolute Gasteiger partial charge is 0.367 e. The minimum Gasteiger partial charge on any atom is -0.367 e. The van der Waals surface area contributed by atoms with Crippen LogP contribution in [0.2, 0.25) is 0 Å². The Bertz CT molecular complexity index is 1660. The first-order chi connectivity index (χ1) is 17.0. The molecule has 0 bridgehead atoms. The number of nitrogens with zero attached hydrogens (tertiary/aromatic N) is 4. The fourth-order valence-corrected chi connectivity index (χ4v) is 5.36. The van der Waals surface area contributed by atoms with Crippen LogP contribution < -0.4 is 10.6 Å². The lowest BCUT2D eigenvalue weighted by Crippen LogP contribution is -2.22. The van der Waals surface area contributed by atoms with Crippen molar-refractivity contribution in [3.8, 4) is 11.1 Å². The molecule has 2 heterocycles. The summed E-state index contributed by atoms with van der Waals surface area (Å²) in [5.41, 5.74) is 2.65. The maximum absolute atomic E-state index is 12.3. The molecule has 1 aliphatic rings. The Morgan fingerprint density at radius 3 is 2.33 bits per heavy atom. The SMILES string of the molecule is CN(C)S(=O)(=O)c1ccc(-c2cccc(Nc3nc(NC4CC4)c4c(S(C)(=O)=O)[nH]nc4n3)c2)cc1. The van der Waals surface area contributed by atoms with Crippen molar-refractivity contribution in [3.05, 3.63) is 48.5 Å². The number of rotatable bonds is 8. The van der Waals surface area contributed by atoms with Gasteiger partial charge < -0.3 is 10.6 Å². The first-order valence-corrected chi connectivity index (χ1v) is 14.5. The van der Waals surface area contributed by atoms with Gasteiger partial charge in [-0.05, 0) is 48.2 Å². The minimum absolute atomic E-state index is 0.0195. The number of aromatic nitrogens is 4. The zero-order chi connectivity index (χ0) is 25.7. The number of anilines is 3. The Balaban J connectivity index is 1.46. The van der Waals surface area contributed by atoms with Crippen molar-refractivity contribution < 1.29 is 16.8 Å². The molecule has 3 N–H and O–H groups in total. The van der Waals surface area contributed by atoms with Gasteiger partial charge in [0.25, 0.3) is 0 Å². The zero-order valence-electron chi connectivity index (χ0n) is 19.8. The third-order valence-corrected chi connectivity index (χ3v) is 8.62. The molecule has 2 aromatic heterocycles. The Hall–Kier alpha value is -3.55. The van der Waals surface area contributed by atoms with E-state index in [1.54, 1.807) is 24.3 Å². The molecule has 188 valence electrons. The summed E-state index contributed by atoms with van der Waals surface area (Å²) in [5, 5.41) is 13.4. The standard InChI is InChI=1S/C23H25N7O4S2/c1-30(2)36(33,34)18-11-7-14(8-12-18)15-5-4-6-17(13-15)25-23-26-20(24-16-9-10-16)19-21(27-23)28-29-22(19)35(3,31)32/h4-8,11-13,16H,9-10H2,1-3H3,(H3,24,25,26,27,28,29). The van der Waals surface area contributed by atoms with Crippen molar-refractivity contribution in [2.24, 2.45) is 0 Å².